The Morgan fingerprint density at radius 3 is 3.00 bits per heavy atom. The lowest BCUT2D eigenvalue weighted by Gasteiger charge is -2.34. The van der Waals surface area contributed by atoms with Crippen LogP contribution >= 0.6 is 0 Å². The Bertz CT molecular complexity index is 622. The van der Waals surface area contributed by atoms with E-state index in [-0.39, 0.29) is 12.3 Å². The molecule has 1 atom stereocenters. The number of aliphatic imine (C=N–C) groups is 1. The van der Waals surface area contributed by atoms with Crippen molar-refractivity contribution in [2.45, 2.75) is 12.5 Å². The Hall–Kier alpha value is -2.70. The number of benzene rings is 1. The fraction of sp³-hybridized carbons (Fsp3) is 0.167. The third-order valence-corrected chi connectivity index (χ3v) is 3.02. The number of hydrogen-bond donors (Lipinski definition) is 2. The number of hydrogen-bond acceptors (Lipinski definition) is 5. The predicted molar refractivity (Wildman–Crippen MR) is 68.7 cm³/mol. The molecule has 0 fully saturated rings. The lowest BCUT2D eigenvalue weighted by molar-refractivity contribution is -0.128. The highest BCUT2D eigenvalue weighted by atomic mass is 16.2. The summed E-state index contributed by atoms with van der Waals surface area (Å²) < 4.78 is 0. The van der Waals surface area contributed by atoms with Crippen LogP contribution in [0.4, 0.5) is 5.69 Å². The highest BCUT2D eigenvalue weighted by molar-refractivity contribution is 6.14. The van der Waals surface area contributed by atoms with Crippen LogP contribution in [0.2, 0.25) is 0 Å². The van der Waals surface area contributed by atoms with E-state index in [1.54, 1.807) is 4.90 Å². The second kappa shape index (κ2) is 4.20. The molecule has 3 rings (SSSR count). The number of nitrogens with two attached hydrogens (primary N) is 1. The van der Waals surface area contributed by atoms with Crippen molar-refractivity contribution < 1.29 is 9.59 Å². The third kappa shape index (κ3) is 1.85. The lowest BCUT2D eigenvalue weighted by Crippen LogP contribution is -2.55. The van der Waals surface area contributed by atoms with Crippen molar-refractivity contribution in [3.05, 3.63) is 29.8 Å². The average Bonchev–Trinajstić information content (AvgIpc) is 2.41. The van der Waals surface area contributed by atoms with E-state index in [0.29, 0.717) is 5.84 Å². The first-order valence-electron chi connectivity index (χ1n) is 5.74. The normalized spacial score (nSPS) is 20.2. The Morgan fingerprint density at radius 2 is 2.21 bits per heavy atom. The van der Waals surface area contributed by atoms with Crippen LogP contribution in [-0.2, 0) is 9.59 Å². The minimum atomic E-state index is -0.706. The quantitative estimate of drug-likeness (QED) is 0.760. The van der Waals surface area contributed by atoms with Gasteiger partial charge in [0, 0.05) is 5.56 Å². The van der Waals surface area contributed by atoms with Gasteiger partial charge in [0.1, 0.15) is 6.04 Å². The number of carbonyl (C=O) groups is 2. The highest BCUT2D eigenvalue weighted by Gasteiger charge is 2.35. The summed E-state index contributed by atoms with van der Waals surface area (Å²) in [5.41, 5.74) is 9.16. The fourth-order valence-electron chi connectivity index (χ4n) is 2.13. The van der Waals surface area contributed by atoms with Crippen molar-refractivity contribution in [2.75, 3.05) is 0 Å². The van der Waals surface area contributed by atoms with Crippen LogP contribution in [0, 0.1) is 0 Å². The molecule has 0 bridgehead atoms. The van der Waals surface area contributed by atoms with Gasteiger partial charge in [-0.25, -0.2) is 10.4 Å². The molecule has 7 nitrogen and oxygen atoms in total. The highest BCUT2D eigenvalue weighted by Crippen LogP contribution is 2.26. The summed E-state index contributed by atoms with van der Waals surface area (Å²) in [5.74, 6) is -0.349. The molecule has 19 heavy (non-hydrogen) atoms. The van der Waals surface area contributed by atoms with Crippen molar-refractivity contribution in [1.29, 1.82) is 0 Å². The van der Waals surface area contributed by atoms with Crippen LogP contribution in [-0.4, -0.2) is 34.9 Å². The molecule has 0 aromatic heterocycles. The molecule has 0 saturated heterocycles. The third-order valence-electron chi connectivity index (χ3n) is 3.02. The number of hydrazone groups is 1. The Morgan fingerprint density at radius 1 is 1.42 bits per heavy atom. The van der Waals surface area contributed by atoms with E-state index in [1.807, 2.05) is 24.3 Å². The van der Waals surface area contributed by atoms with Crippen molar-refractivity contribution >= 4 is 29.7 Å². The van der Waals surface area contributed by atoms with Crippen LogP contribution in [0.1, 0.15) is 12.0 Å². The Balaban J connectivity index is 2.04. The van der Waals surface area contributed by atoms with Gasteiger partial charge >= 0.3 is 0 Å². The summed E-state index contributed by atoms with van der Waals surface area (Å²) in [4.78, 5) is 28.7. The molecule has 2 aliphatic heterocycles. The topological polar surface area (TPSA) is 100 Å². The Labute approximate surface area is 108 Å². The van der Waals surface area contributed by atoms with Crippen LogP contribution in [0.15, 0.2) is 34.4 Å². The molecule has 1 aromatic rings. The molecule has 1 aromatic carbocycles. The summed E-state index contributed by atoms with van der Waals surface area (Å²) in [6.45, 7) is 0. The molecule has 0 spiro atoms. The maximum absolute atomic E-state index is 11.8. The van der Waals surface area contributed by atoms with E-state index < -0.39 is 11.9 Å². The molecule has 96 valence electrons. The minimum Gasteiger partial charge on any atom is -0.370 e. The zero-order chi connectivity index (χ0) is 13.4. The first kappa shape index (κ1) is 11.4. The lowest BCUT2D eigenvalue weighted by atomic mass is 10.1. The first-order valence-corrected chi connectivity index (χ1v) is 5.74. The van der Waals surface area contributed by atoms with E-state index in [0.717, 1.165) is 11.3 Å². The maximum Gasteiger partial charge on any atom is 0.263 e. The van der Waals surface area contributed by atoms with Gasteiger partial charge in [-0.05, 0) is 12.1 Å². The second-order valence-corrected chi connectivity index (χ2v) is 4.27. The van der Waals surface area contributed by atoms with Gasteiger partial charge in [-0.15, -0.1) is 0 Å². The van der Waals surface area contributed by atoms with Crippen LogP contribution < -0.4 is 11.2 Å². The van der Waals surface area contributed by atoms with E-state index in [4.69, 9.17) is 5.73 Å². The number of primary amides is 1. The van der Waals surface area contributed by atoms with Crippen molar-refractivity contribution in [1.82, 2.24) is 10.3 Å². The van der Waals surface area contributed by atoms with Crippen LogP contribution in [0.25, 0.3) is 0 Å². The standard InChI is InChI=1S/C12H11N5O2/c13-10(18)5-9-12(19)16-15-11-7-3-1-2-4-8(7)14-6-17(9)11/h1-4,6,9H,5H2,(H2,13,18)(H,16,19). The summed E-state index contributed by atoms with van der Waals surface area (Å²) in [5, 5.41) is 4.03. The van der Waals surface area contributed by atoms with Gasteiger partial charge in [0.15, 0.2) is 5.84 Å². The Kier molecular flexibility index (Phi) is 2.52. The van der Waals surface area contributed by atoms with Gasteiger partial charge in [-0.2, -0.15) is 5.10 Å². The number of carbonyl (C=O) groups excluding carboxylic acids is 2. The van der Waals surface area contributed by atoms with Crippen LogP contribution in [0.5, 0.6) is 0 Å². The van der Waals surface area contributed by atoms with Crippen molar-refractivity contribution in [3.63, 3.8) is 0 Å². The molecule has 7 heteroatoms. The number of para-hydroxylation sites is 1. The summed E-state index contributed by atoms with van der Waals surface area (Å²) in [6.07, 6.45) is 1.42. The average molecular weight is 257 g/mol. The maximum atomic E-state index is 11.8. The monoisotopic (exact) mass is 257 g/mol. The van der Waals surface area contributed by atoms with Gasteiger partial charge in [0.05, 0.1) is 18.4 Å². The molecular formula is C12H11N5O2. The molecule has 1 unspecified atom stereocenters. The van der Waals surface area contributed by atoms with Crippen molar-refractivity contribution in [2.24, 2.45) is 15.8 Å². The molecule has 3 N–H and O–H groups in total. The summed E-state index contributed by atoms with van der Waals surface area (Å²) >= 11 is 0. The molecule has 0 radical (unpaired) electrons. The smallest absolute Gasteiger partial charge is 0.263 e. The van der Waals surface area contributed by atoms with Gasteiger partial charge in [-0.3, -0.25) is 9.59 Å². The number of fused-ring (bicyclic) bond motifs is 3. The van der Waals surface area contributed by atoms with Crippen molar-refractivity contribution in [3.8, 4) is 0 Å². The molecule has 2 aliphatic rings. The number of rotatable bonds is 2. The molecule has 0 aliphatic carbocycles. The number of nitrogens with one attached hydrogen (secondary N) is 1. The van der Waals surface area contributed by atoms with Gasteiger partial charge in [0.25, 0.3) is 5.91 Å². The van der Waals surface area contributed by atoms with E-state index >= 15 is 0 Å². The van der Waals surface area contributed by atoms with E-state index in [9.17, 15) is 9.59 Å². The zero-order valence-corrected chi connectivity index (χ0v) is 9.91. The second-order valence-electron chi connectivity index (χ2n) is 4.27. The number of amidine groups is 1. The van der Waals surface area contributed by atoms with Crippen LogP contribution in [0.3, 0.4) is 0 Å². The fourth-order valence-corrected chi connectivity index (χ4v) is 2.13. The van der Waals surface area contributed by atoms with E-state index in [2.05, 4.69) is 15.5 Å². The minimum absolute atomic E-state index is 0.0843. The first-order chi connectivity index (χ1) is 9.16. The summed E-state index contributed by atoms with van der Waals surface area (Å²) in [6, 6.07) is 6.73. The predicted octanol–water partition coefficient (Wildman–Crippen LogP) is -0.303. The van der Waals surface area contributed by atoms with Gasteiger partial charge in [-0.1, -0.05) is 12.1 Å². The summed E-state index contributed by atoms with van der Waals surface area (Å²) in [7, 11) is 0. The molecule has 0 saturated carbocycles. The largest absolute Gasteiger partial charge is 0.370 e. The zero-order valence-electron chi connectivity index (χ0n) is 9.91. The number of nitrogens with zero attached hydrogens (tertiary/aromatic N) is 3. The molecule has 2 heterocycles. The van der Waals surface area contributed by atoms with E-state index in [1.165, 1.54) is 6.34 Å². The molecule has 2 amide bonds. The number of amides is 2. The van der Waals surface area contributed by atoms with Gasteiger partial charge in [0.2, 0.25) is 5.91 Å². The SMILES string of the molecule is NC(=O)CC1C(=O)NN=C2c3ccccc3N=CN21. The molecular weight excluding hydrogens is 246 g/mol. The van der Waals surface area contributed by atoms with Gasteiger partial charge < -0.3 is 10.6 Å².